The van der Waals surface area contributed by atoms with E-state index < -0.39 is 17.8 Å². The molecule has 35 heavy (non-hydrogen) atoms. The van der Waals surface area contributed by atoms with Crippen LogP contribution in [0.4, 0.5) is 18.9 Å². The minimum atomic E-state index is -4.35. The molecular weight excluding hydrogens is 457 g/mol. The fraction of sp³-hybridized carbons (Fsp3) is 0.462. The van der Waals surface area contributed by atoms with E-state index in [4.69, 9.17) is 0 Å². The Labute approximate surface area is 204 Å². The molecule has 190 valence electrons. The molecule has 2 aromatic rings. The van der Waals surface area contributed by atoms with Gasteiger partial charge in [0.15, 0.2) is 0 Å². The van der Waals surface area contributed by atoms with Crippen LogP contribution in [0.25, 0.3) is 0 Å². The molecule has 9 heteroatoms. The van der Waals surface area contributed by atoms with Gasteiger partial charge in [-0.3, -0.25) is 19.4 Å². The number of piperazine rings is 1. The molecule has 2 aromatic carbocycles. The monoisotopic (exact) mass is 490 g/mol. The summed E-state index contributed by atoms with van der Waals surface area (Å²) in [5, 5.41) is 2.88. The van der Waals surface area contributed by atoms with Crippen molar-refractivity contribution in [2.24, 2.45) is 0 Å². The third kappa shape index (κ3) is 7.29. The van der Waals surface area contributed by atoms with Gasteiger partial charge >= 0.3 is 6.18 Å². The number of carbonyl (C=O) groups is 2. The zero-order chi connectivity index (χ0) is 25.6. The highest BCUT2D eigenvalue weighted by Gasteiger charge is 2.31. The van der Waals surface area contributed by atoms with E-state index >= 15 is 0 Å². The van der Waals surface area contributed by atoms with Gasteiger partial charge in [0, 0.05) is 45.5 Å². The van der Waals surface area contributed by atoms with Gasteiger partial charge in [-0.1, -0.05) is 43.3 Å². The number of aryl methyl sites for hydroxylation is 1. The molecule has 1 N–H and O–H groups in total. The van der Waals surface area contributed by atoms with E-state index in [2.05, 4.69) is 10.2 Å². The van der Waals surface area contributed by atoms with Gasteiger partial charge in [-0.2, -0.15) is 13.2 Å². The van der Waals surface area contributed by atoms with Gasteiger partial charge in [-0.25, -0.2) is 0 Å². The summed E-state index contributed by atoms with van der Waals surface area (Å²) in [6.45, 7) is 6.76. The molecule has 0 radical (unpaired) electrons. The summed E-state index contributed by atoms with van der Waals surface area (Å²) in [5.41, 5.74) is 1.77. The van der Waals surface area contributed by atoms with Gasteiger partial charge in [0.2, 0.25) is 11.8 Å². The third-order valence-electron chi connectivity index (χ3n) is 6.40. The SMILES string of the molecule is CCc1ccccc1NC(=O)CN(C)C(=O)C(C)N1CCN(Cc2cccc(C(F)(F)F)c2)CC1. The summed E-state index contributed by atoms with van der Waals surface area (Å²) >= 11 is 0. The highest BCUT2D eigenvalue weighted by molar-refractivity contribution is 5.95. The number of halogens is 3. The number of carbonyl (C=O) groups excluding carboxylic acids is 2. The van der Waals surface area contributed by atoms with E-state index in [-0.39, 0.29) is 18.4 Å². The quantitative estimate of drug-likeness (QED) is 0.611. The first-order valence-electron chi connectivity index (χ1n) is 11.8. The number of benzene rings is 2. The molecule has 0 spiro atoms. The minimum absolute atomic E-state index is 0.0449. The van der Waals surface area contributed by atoms with Gasteiger partial charge in [0.25, 0.3) is 0 Å². The second-order valence-corrected chi connectivity index (χ2v) is 8.94. The molecule has 0 saturated carbocycles. The van der Waals surface area contributed by atoms with Crippen molar-refractivity contribution in [3.8, 4) is 0 Å². The predicted molar refractivity (Wildman–Crippen MR) is 130 cm³/mol. The van der Waals surface area contributed by atoms with E-state index in [1.54, 1.807) is 13.1 Å². The molecule has 0 bridgehead atoms. The predicted octanol–water partition coefficient (Wildman–Crippen LogP) is 3.87. The van der Waals surface area contributed by atoms with E-state index in [0.29, 0.717) is 38.3 Å². The van der Waals surface area contributed by atoms with Gasteiger partial charge < -0.3 is 10.2 Å². The summed E-state index contributed by atoms with van der Waals surface area (Å²) < 4.78 is 38.9. The molecule has 2 amide bonds. The van der Waals surface area contributed by atoms with Crippen molar-refractivity contribution >= 4 is 17.5 Å². The first-order valence-corrected chi connectivity index (χ1v) is 11.8. The van der Waals surface area contributed by atoms with E-state index in [1.807, 2.05) is 43.0 Å². The number of anilines is 1. The van der Waals surface area contributed by atoms with Crippen LogP contribution >= 0.6 is 0 Å². The lowest BCUT2D eigenvalue weighted by atomic mass is 10.1. The van der Waals surface area contributed by atoms with Crippen LogP contribution in [0, 0.1) is 0 Å². The Bertz CT molecular complexity index is 1020. The Balaban J connectivity index is 1.48. The standard InChI is InChI=1S/C26H33F3N4O2/c1-4-21-9-5-6-11-23(21)30-24(34)18-31(3)25(35)19(2)33-14-12-32(13-15-33)17-20-8-7-10-22(16-20)26(27,28)29/h5-11,16,19H,4,12-15,17-18H2,1-3H3,(H,30,34). The van der Waals surface area contributed by atoms with Crippen LogP contribution in [-0.4, -0.2) is 72.3 Å². The largest absolute Gasteiger partial charge is 0.416 e. The summed E-state index contributed by atoms with van der Waals surface area (Å²) in [5.74, 6) is -0.393. The lowest BCUT2D eigenvalue weighted by molar-refractivity contribution is -0.138. The molecule has 1 aliphatic heterocycles. The number of nitrogens with zero attached hydrogens (tertiary/aromatic N) is 3. The number of likely N-dealkylation sites (N-methyl/N-ethyl adjacent to an activating group) is 1. The van der Waals surface area contributed by atoms with E-state index in [9.17, 15) is 22.8 Å². The fourth-order valence-electron chi connectivity index (χ4n) is 4.32. The van der Waals surface area contributed by atoms with E-state index in [0.717, 1.165) is 23.7 Å². The molecule has 1 saturated heterocycles. The number of hydrogen-bond acceptors (Lipinski definition) is 4. The van der Waals surface area contributed by atoms with Crippen LogP contribution < -0.4 is 5.32 Å². The summed E-state index contributed by atoms with van der Waals surface area (Å²) in [6, 6.07) is 12.6. The Hall–Kier alpha value is -2.91. The number of rotatable bonds is 8. The van der Waals surface area contributed by atoms with Crippen LogP contribution in [0.15, 0.2) is 48.5 Å². The lowest BCUT2D eigenvalue weighted by Crippen LogP contribution is -2.54. The van der Waals surface area contributed by atoms with Crippen molar-refractivity contribution in [3.63, 3.8) is 0 Å². The van der Waals surface area contributed by atoms with Crippen LogP contribution in [0.3, 0.4) is 0 Å². The average molecular weight is 491 g/mol. The van der Waals surface area contributed by atoms with Gasteiger partial charge in [-0.15, -0.1) is 0 Å². The van der Waals surface area contributed by atoms with Gasteiger partial charge in [0.1, 0.15) is 0 Å². The molecule has 1 atom stereocenters. The zero-order valence-electron chi connectivity index (χ0n) is 20.4. The van der Waals surface area contributed by atoms with Crippen molar-refractivity contribution in [2.75, 3.05) is 45.1 Å². The molecule has 0 aliphatic carbocycles. The minimum Gasteiger partial charge on any atom is -0.335 e. The highest BCUT2D eigenvalue weighted by atomic mass is 19.4. The van der Waals surface area contributed by atoms with Crippen LogP contribution in [0.5, 0.6) is 0 Å². The maximum atomic E-state index is 13.0. The fourth-order valence-corrected chi connectivity index (χ4v) is 4.32. The molecule has 3 rings (SSSR count). The second-order valence-electron chi connectivity index (χ2n) is 8.94. The summed E-state index contributed by atoms with van der Waals surface area (Å²) in [4.78, 5) is 31.0. The summed E-state index contributed by atoms with van der Waals surface area (Å²) in [6.07, 6.45) is -3.56. The van der Waals surface area contributed by atoms with Crippen LogP contribution in [-0.2, 0) is 28.7 Å². The highest BCUT2D eigenvalue weighted by Crippen LogP contribution is 2.29. The topological polar surface area (TPSA) is 55.9 Å². The normalized spacial score (nSPS) is 16.1. The molecule has 1 unspecified atom stereocenters. The van der Waals surface area contributed by atoms with Crippen LogP contribution in [0.2, 0.25) is 0 Å². The van der Waals surface area contributed by atoms with Crippen molar-refractivity contribution in [1.29, 1.82) is 0 Å². The number of alkyl halides is 3. The molecule has 1 aliphatic rings. The Morgan fingerprint density at radius 2 is 1.74 bits per heavy atom. The molecule has 0 aromatic heterocycles. The van der Waals surface area contributed by atoms with Crippen LogP contribution in [0.1, 0.15) is 30.5 Å². The molecule has 1 heterocycles. The molecule has 1 fully saturated rings. The van der Waals surface area contributed by atoms with Crippen molar-refractivity contribution in [3.05, 3.63) is 65.2 Å². The summed E-state index contributed by atoms with van der Waals surface area (Å²) in [7, 11) is 1.62. The Morgan fingerprint density at radius 1 is 1.06 bits per heavy atom. The number of nitrogens with one attached hydrogen (secondary N) is 1. The molecule has 6 nitrogen and oxygen atoms in total. The van der Waals surface area contributed by atoms with E-state index in [1.165, 1.54) is 17.0 Å². The third-order valence-corrected chi connectivity index (χ3v) is 6.40. The van der Waals surface area contributed by atoms with Crippen molar-refractivity contribution in [1.82, 2.24) is 14.7 Å². The average Bonchev–Trinajstić information content (AvgIpc) is 2.83. The second kappa shape index (κ2) is 11.7. The number of amides is 2. The maximum absolute atomic E-state index is 13.0. The first kappa shape index (κ1) is 26.7. The zero-order valence-corrected chi connectivity index (χ0v) is 20.4. The van der Waals surface area contributed by atoms with Crippen molar-refractivity contribution < 1.29 is 22.8 Å². The Morgan fingerprint density at radius 3 is 2.40 bits per heavy atom. The Kier molecular flexibility index (Phi) is 8.91. The molecular formula is C26H33F3N4O2. The van der Waals surface area contributed by atoms with Gasteiger partial charge in [-0.05, 0) is 36.6 Å². The van der Waals surface area contributed by atoms with Gasteiger partial charge in [0.05, 0.1) is 18.2 Å². The first-order chi connectivity index (χ1) is 16.6. The smallest absolute Gasteiger partial charge is 0.335 e. The number of hydrogen-bond donors (Lipinski definition) is 1. The van der Waals surface area contributed by atoms with Crippen molar-refractivity contribution in [2.45, 2.75) is 39.0 Å². The number of para-hydroxylation sites is 1. The lowest BCUT2D eigenvalue weighted by Gasteiger charge is -2.38. The maximum Gasteiger partial charge on any atom is 0.416 e.